The zero-order valence-corrected chi connectivity index (χ0v) is 15.6. The number of rotatable bonds is 7. The van der Waals surface area contributed by atoms with Gasteiger partial charge in [0.2, 0.25) is 0 Å². The molecule has 0 unspecified atom stereocenters. The highest BCUT2D eigenvalue weighted by Gasteiger charge is 2.16. The monoisotopic (exact) mass is 377 g/mol. The molecule has 0 heterocycles. The third-order valence-corrected chi connectivity index (χ3v) is 4.51. The summed E-state index contributed by atoms with van der Waals surface area (Å²) in [6, 6.07) is 11.5. The highest BCUT2D eigenvalue weighted by atomic mass is 32.2. The third kappa shape index (κ3) is 4.98. The fourth-order valence-corrected chi connectivity index (χ4v) is 2.88. The number of carbonyl (C=O) groups is 2. The number of benzene rings is 2. The minimum Gasteiger partial charge on any atom is -0.494 e. The summed E-state index contributed by atoms with van der Waals surface area (Å²) in [6.07, 6.45) is 1.86. The van der Waals surface area contributed by atoms with Crippen molar-refractivity contribution in [2.24, 2.45) is 0 Å². The minimum absolute atomic E-state index is 0.143. The zero-order chi connectivity index (χ0) is 19.1. The molecule has 0 aromatic heterocycles. The second kappa shape index (κ2) is 9.24. The first kappa shape index (κ1) is 19.8. The van der Waals surface area contributed by atoms with Crippen molar-refractivity contribution in [3.8, 4) is 5.75 Å². The van der Waals surface area contributed by atoms with E-state index in [1.54, 1.807) is 25.2 Å². The molecule has 0 atom stereocenters. The molecule has 2 aromatic rings. The van der Waals surface area contributed by atoms with Gasteiger partial charge >= 0.3 is 5.97 Å². The van der Waals surface area contributed by atoms with Crippen LogP contribution in [0.2, 0.25) is 0 Å². The molecular weight excluding hydrogens is 357 g/mol. The molecule has 0 aliphatic rings. The van der Waals surface area contributed by atoms with Gasteiger partial charge in [0.25, 0.3) is 5.91 Å². The number of nitrogens with zero attached hydrogens (tertiary/aromatic N) is 1. The molecule has 0 aliphatic heterocycles. The lowest BCUT2D eigenvalue weighted by Crippen LogP contribution is -2.31. The average molecular weight is 377 g/mol. The lowest BCUT2D eigenvalue weighted by molar-refractivity contribution is -0.133. The summed E-state index contributed by atoms with van der Waals surface area (Å²) in [4.78, 5) is 26.5. The van der Waals surface area contributed by atoms with Crippen molar-refractivity contribution in [1.29, 1.82) is 0 Å². The van der Waals surface area contributed by atoms with Gasteiger partial charge in [0.05, 0.1) is 12.7 Å². The Morgan fingerprint density at radius 1 is 1.19 bits per heavy atom. The van der Waals surface area contributed by atoms with Crippen LogP contribution in [-0.4, -0.2) is 43.8 Å². The summed E-state index contributed by atoms with van der Waals surface area (Å²) in [6.45, 7) is -0.185. The highest BCUT2D eigenvalue weighted by molar-refractivity contribution is 7.98. The number of methoxy groups -OCH3 is 1. The van der Waals surface area contributed by atoms with Crippen molar-refractivity contribution in [3.63, 3.8) is 0 Å². The van der Waals surface area contributed by atoms with Crippen LogP contribution in [0.4, 0.5) is 4.39 Å². The molecule has 0 fully saturated rings. The predicted octanol–water partition coefficient (Wildman–Crippen LogP) is 3.37. The van der Waals surface area contributed by atoms with E-state index in [2.05, 4.69) is 0 Å². The third-order valence-electron chi connectivity index (χ3n) is 3.72. The second-order valence-electron chi connectivity index (χ2n) is 5.50. The summed E-state index contributed by atoms with van der Waals surface area (Å²) in [5.74, 6) is -1.28. The molecule has 0 saturated carbocycles. The summed E-state index contributed by atoms with van der Waals surface area (Å²) in [5, 5.41) is 0. The normalized spacial score (nSPS) is 10.3. The van der Waals surface area contributed by atoms with E-state index >= 15 is 0 Å². The van der Waals surface area contributed by atoms with Crippen LogP contribution >= 0.6 is 11.8 Å². The van der Waals surface area contributed by atoms with Gasteiger partial charge in [-0.05, 0) is 36.1 Å². The Kier molecular flexibility index (Phi) is 7.03. The Morgan fingerprint density at radius 2 is 1.92 bits per heavy atom. The topological polar surface area (TPSA) is 55.8 Å². The molecule has 5 nitrogen and oxygen atoms in total. The number of halogens is 1. The molecule has 2 rings (SSSR count). The van der Waals surface area contributed by atoms with Crippen molar-refractivity contribution in [3.05, 3.63) is 59.4 Å². The molecule has 0 bridgehead atoms. The van der Waals surface area contributed by atoms with Crippen molar-refractivity contribution < 1.29 is 23.5 Å². The molecule has 2 aromatic carbocycles. The molecule has 0 aliphatic carbocycles. The van der Waals surface area contributed by atoms with Gasteiger partial charge in [-0.2, -0.15) is 0 Å². The largest absolute Gasteiger partial charge is 0.494 e. The first-order valence-corrected chi connectivity index (χ1v) is 9.05. The van der Waals surface area contributed by atoms with Gasteiger partial charge in [0.15, 0.2) is 18.2 Å². The minimum atomic E-state index is -0.549. The quantitative estimate of drug-likeness (QED) is 0.547. The molecule has 26 heavy (non-hydrogen) atoms. The van der Waals surface area contributed by atoms with Crippen LogP contribution in [0.25, 0.3) is 0 Å². The smallest absolute Gasteiger partial charge is 0.339 e. The molecule has 138 valence electrons. The summed E-state index contributed by atoms with van der Waals surface area (Å²) in [5.41, 5.74) is 1.03. The van der Waals surface area contributed by atoms with Gasteiger partial charge in [-0.3, -0.25) is 4.79 Å². The average Bonchev–Trinajstić information content (AvgIpc) is 2.65. The van der Waals surface area contributed by atoms with Gasteiger partial charge in [0, 0.05) is 18.5 Å². The van der Waals surface area contributed by atoms with Gasteiger partial charge in [-0.25, -0.2) is 9.18 Å². The van der Waals surface area contributed by atoms with E-state index in [-0.39, 0.29) is 24.8 Å². The number of amides is 1. The van der Waals surface area contributed by atoms with Crippen LogP contribution in [-0.2, 0) is 16.1 Å². The Balaban J connectivity index is 1.92. The van der Waals surface area contributed by atoms with Gasteiger partial charge in [0.1, 0.15) is 0 Å². The maximum absolute atomic E-state index is 13.7. The first-order valence-electron chi connectivity index (χ1n) is 7.82. The number of hydrogen-bond acceptors (Lipinski definition) is 5. The van der Waals surface area contributed by atoms with E-state index in [0.717, 1.165) is 4.90 Å². The van der Waals surface area contributed by atoms with Crippen LogP contribution in [0.15, 0.2) is 47.4 Å². The Labute approximate surface area is 156 Å². The highest BCUT2D eigenvalue weighted by Crippen LogP contribution is 2.21. The van der Waals surface area contributed by atoms with Gasteiger partial charge < -0.3 is 14.4 Å². The molecule has 0 saturated heterocycles. The van der Waals surface area contributed by atoms with Gasteiger partial charge in [-0.15, -0.1) is 11.8 Å². The van der Waals surface area contributed by atoms with E-state index in [0.29, 0.717) is 11.1 Å². The van der Waals surface area contributed by atoms with E-state index in [9.17, 15) is 14.0 Å². The molecule has 0 spiro atoms. The van der Waals surface area contributed by atoms with Crippen LogP contribution < -0.4 is 4.74 Å². The maximum atomic E-state index is 13.7. The molecule has 1 amide bonds. The lowest BCUT2D eigenvalue weighted by atomic mass is 10.2. The predicted molar refractivity (Wildman–Crippen MR) is 97.9 cm³/mol. The summed E-state index contributed by atoms with van der Waals surface area (Å²) < 4.78 is 23.7. The number of carbonyl (C=O) groups excluding carboxylic acids is 2. The number of thioether (sulfide) groups is 1. The van der Waals surface area contributed by atoms with Crippen molar-refractivity contribution in [2.75, 3.05) is 27.0 Å². The van der Waals surface area contributed by atoms with Crippen molar-refractivity contribution >= 4 is 23.6 Å². The summed E-state index contributed by atoms with van der Waals surface area (Å²) >= 11 is 1.43. The number of hydrogen-bond donors (Lipinski definition) is 0. The molecule has 0 radical (unpaired) electrons. The van der Waals surface area contributed by atoms with E-state index < -0.39 is 11.8 Å². The number of likely N-dealkylation sites (N-methyl/N-ethyl adjacent to an activating group) is 1. The fraction of sp³-hybridized carbons (Fsp3) is 0.263. The molecular formula is C19H20FNO4S. The van der Waals surface area contributed by atoms with Crippen LogP contribution in [0, 0.1) is 5.82 Å². The van der Waals surface area contributed by atoms with Crippen molar-refractivity contribution in [1.82, 2.24) is 4.90 Å². The SMILES string of the molecule is COc1ccc(CN(C)C(=O)COC(=O)c2ccccc2SC)cc1F. The standard InChI is InChI=1S/C19H20FNO4S/c1-21(11-13-8-9-16(24-2)15(20)10-13)18(22)12-25-19(23)14-6-4-5-7-17(14)26-3/h4-10H,11-12H2,1-3H3. The molecule has 0 N–H and O–H groups in total. The van der Waals surface area contributed by atoms with Crippen LogP contribution in [0.1, 0.15) is 15.9 Å². The van der Waals surface area contributed by atoms with Crippen molar-refractivity contribution in [2.45, 2.75) is 11.4 Å². The van der Waals surface area contributed by atoms with Crippen LogP contribution in [0.3, 0.4) is 0 Å². The molecule has 7 heteroatoms. The van der Waals surface area contributed by atoms with E-state index in [1.165, 1.54) is 35.9 Å². The Bertz CT molecular complexity index is 797. The zero-order valence-electron chi connectivity index (χ0n) is 14.8. The number of ether oxygens (including phenoxy) is 2. The fourth-order valence-electron chi connectivity index (χ4n) is 2.30. The Hall–Kier alpha value is -2.54. The van der Waals surface area contributed by atoms with Crippen LogP contribution in [0.5, 0.6) is 5.75 Å². The maximum Gasteiger partial charge on any atom is 0.339 e. The van der Waals surface area contributed by atoms with Gasteiger partial charge in [-0.1, -0.05) is 18.2 Å². The van der Waals surface area contributed by atoms with E-state index in [1.807, 2.05) is 18.4 Å². The van der Waals surface area contributed by atoms with E-state index in [4.69, 9.17) is 9.47 Å². The summed E-state index contributed by atoms with van der Waals surface area (Å²) in [7, 11) is 2.95. The number of esters is 1. The second-order valence-corrected chi connectivity index (χ2v) is 6.34. The first-order chi connectivity index (χ1) is 12.5. The Morgan fingerprint density at radius 3 is 2.58 bits per heavy atom. The lowest BCUT2D eigenvalue weighted by Gasteiger charge is -2.18.